The smallest absolute Gasteiger partial charge is 0.210 e. The van der Waals surface area contributed by atoms with Gasteiger partial charge in [-0.05, 0) is 12.1 Å². The number of nitrogens with zero attached hydrogens (tertiary/aromatic N) is 1. The van der Waals surface area contributed by atoms with Crippen LogP contribution in [0.3, 0.4) is 0 Å². The van der Waals surface area contributed by atoms with Crippen LogP contribution in [0.25, 0.3) is 16.3 Å². The number of ketones is 1. The summed E-state index contributed by atoms with van der Waals surface area (Å²) in [6.07, 6.45) is 1.95. The molecule has 0 spiro atoms. The van der Waals surface area contributed by atoms with E-state index in [9.17, 15) is 4.79 Å². The molecule has 2 heterocycles. The van der Waals surface area contributed by atoms with E-state index < -0.39 is 0 Å². The summed E-state index contributed by atoms with van der Waals surface area (Å²) in [5.41, 5.74) is 2.51. The zero-order chi connectivity index (χ0) is 14.2. The zero-order valence-corrected chi connectivity index (χ0v) is 11.4. The van der Waals surface area contributed by atoms with Gasteiger partial charge in [0.1, 0.15) is 5.69 Å². The molecule has 21 heavy (non-hydrogen) atoms. The molecule has 0 radical (unpaired) electrons. The third-order valence-electron chi connectivity index (χ3n) is 3.81. The predicted octanol–water partition coefficient (Wildman–Crippen LogP) is 4.32. The van der Waals surface area contributed by atoms with Crippen LogP contribution in [0.2, 0.25) is 0 Å². The third-order valence-corrected chi connectivity index (χ3v) is 3.81. The van der Waals surface area contributed by atoms with Crippen LogP contribution < -0.4 is 0 Å². The van der Waals surface area contributed by atoms with Crippen LogP contribution in [0.4, 0.5) is 0 Å². The lowest BCUT2D eigenvalue weighted by Crippen LogP contribution is -2.05. The van der Waals surface area contributed by atoms with E-state index in [4.69, 9.17) is 0 Å². The molecule has 0 fully saturated rings. The first kappa shape index (κ1) is 11.9. The first-order chi connectivity index (χ1) is 10.4. The Kier molecular flexibility index (Phi) is 2.61. The van der Waals surface area contributed by atoms with E-state index in [2.05, 4.69) is 6.07 Å². The Hall–Kier alpha value is -2.87. The van der Waals surface area contributed by atoms with Gasteiger partial charge >= 0.3 is 0 Å². The largest absolute Gasteiger partial charge is 0.313 e. The first-order valence-corrected chi connectivity index (χ1v) is 6.94. The molecule has 2 aromatic carbocycles. The van der Waals surface area contributed by atoms with Gasteiger partial charge in [0.25, 0.3) is 0 Å². The second-order valence-electron chi connectivity index (χ2n) is 5.05. The molecule has 0 aliphatic carbocycles. The quantitative estimate of drug-likeness (QED) is 0.497. The van der Waals surface area contributed by atoms with Crippen molar-refractivity contribution < 1.29 is 4.79 Å². The van der Waals surface area contributed by atoms with Crippen molar-refractivity contribution in [1.82, 2.24) is 4.40 Å². The lowest BCUT2D eigenvalue weighted by Gasteiger charge is -2.03. The molecule has 0 saturated heterocycles. The Morgan fingerprint density at radius 2 is 1.38 bits per heavy atom. The third kappa shape index (κ3) is 1.77. The van der Waals surface area contributed by atoms with E-state index in [1.807, 2.05) is 77.3 Å². The Morgan fingerprint density at radius 1 is 0.714 bits per heavy atom. The number of fused-ring (bicyclic) bond motifs is 3. The van der Waals surface area contributed by atoms with Crippen LogP contribution in [-0.2, 0) is 0 Å². The summed E-state index contributed by atoms with van der Waals surface area (Å²) in [4.78, 5) is 12.9. The molecule has 2 heteroatoms. The highest BCUT2D eigenvalue weighted by Gasteiger charge is 2.18. The number of benzene rings is 2. The molecule has 0 atom stereocenters. The summed E-state index contributed by atoms with van der Waals surface area (Å²) in [7, 11) is 0. The van der Waals surface area contributed by atoms with E-state index in [0.717, 1.165) is 22.0 Å². The molecule has 0 bridgehead atoms. The standard InChI is InChI=1S/C19H13NO/c21-19(14-8-2-1-3-9-14)18-16-11-5-4-10-15(16)17-12-6-7-13-20(17)18/h1-13H. The van der Waals surface area contributed by atoms with Crippen molar-refractivity contribution >= 4 is 22.1 Å². The molecule has 2 nitrogen and oxygen atoms in total. The molecule has 0 aliphatic rings. The minimum atomic E-state index is 0.0537. The Balaban J connectivity index is 2.09. The lowest BCUT2D eigenvalue weighted by atomic mass is 10.0. The summed E-state index contributed by atoms with van der Waals surface area (Å²) in [5.74, 6) is 0.0537. The van der Waals surface area contributed by atoms with Gasteiger partial charge < -0.3 is 4.40 Å². The van der Waals surface area contributed by atoms with Crippen molar-refractivity contribution in [3.05, 3.63) is 90.3 Å². The number of aromatic nitrogens is 1. The molecule has 4 rings (SSSR count). The van der Waals surface area contributed by atoms with Crippen LogP contribution in [0.5, 0.6) is 0 Å². The minimum Gasteiger partial charge on any atom is -0.313 e. The summed E-state index contributed by atoms with van der Waals surface area (Å²) < 4.78 is 1.99. The highest BCUT2D eigenvalue weighted by molar-refractivity contribution is 6.19. The summed E-state index contributed by atoms with van der Waals surface area (Å²) in [6.45, 7) is 0. The molecule has 0 N–H and O–H groups in total. The normalized spacial score (nSPS) is 11.0. The number of carbonyl (C=O) groups is 1. The van der Waals surface area contributed by atoms with E-state index in [0.29, 0.717) is 5.56 Å². The fraction of sp³-hybridized carbons (Fsp3) is 0. The predicted molar refractivity (Wildman–Crippen MR) is 84.8 cm³/mol. The number of carbonyl (C=O) groups excluding carboxylic acids is 1. The fourth-order valence-corrected chi connectivity index (χ4v) is 2.86. The number of hydrogen-bond donors (Lipinski definition) is 0. The van der Waals surface area contributed by atoms with Crippen molar-refractivity contribution in [2.24, 2.45) is 0 Å². The monoisotopic (exact) mass is 271 g/mol. The Morgan fingerprint density at radius 3 is 2.19 bits per heavy atom. The average molecular weight is 271 g/mol. The summed E-state index contributed by atoms with van der Waals surface area (Å²) in [5, 5.41) is 2.11. The molecule has 0 aliphatic heterocycles. The van der Waals surface area contributed by atoms with E-state index in [1.54, 1.807) is 0 Å². The van der Waals surface area contributed by atoms with Crippen molar-refractivity contribution in [2.75, 3.05) is 0 Å². The number of pyridine rings is 1. The molecular formula is C19H13NO. The Bertz CT molecular complexity index is 898. The molecule has 4 aromatic rings. The second kappa shape index (κ2) is 4.60. The maximum Gasteiger partial charge on any atom is 0.210 e. The number of rotatable bonds is 2. The number of hydrogen-bond acceptors (Lipinski definition) is 1. The summed E-state index contributed by atoms with van der Waals surface area (Å²) >= 11 is 0. The Labute approximate surface area is 122 Å². The average Bonchev–Trinajstić information content (AvgIpc) is 2.90. The molecule has 0 amide bonds. The van der Waals surface area contributed by atoms with E-state index >= 15 is 0 Å². The van der Waals surface area contributed by atoms with Gasteiger partial charge in [-0.3, -0.25) is 4.79 Å². The van der Waals surface area contributed by atoms with Crippen molar-refractivity contribution in [2.45, 2.75) is 0 Å². The van der Waals surface area contributed by atoms with Gasteiger partial charge in [0, 0.05) is 22.5 Å². The molecule has 2 aromatic heterocycles. The first-order valence-electron chi connectivity index (χ1n) is 6.94. The molecule has 100 valence electrons. The van der Waals surface area contributed by atoms with Crippen LogP contribution in [0.1, 0.15) is 16.1 Å². The van der Waals surface area contributed by atoms with Gasteiger partial charge in [0.15, 0.2) is 0 Å². The lowest BCUT2D eigenvalue weighted by molar-refractivity contribution is 0.103. The van der Waals surface area contributed by atoms with E-state index in [-0.39, 0.29) is 5.78 Å². The molecular weight excluding hydrogens is 258 g/mol. The summed E-state index contributed by atoms with van der Waals surface area (Å²) in [6, 6.07) is 23.5. The minimum absolute atomic E-state index is 0.0537. The maximum absolute atomic E-state index is 12.9. The van der Waals surface area contributed by atoms with Crippen LogP contribution in [0.15, 0.2) is 79.0 Å². The molecule has 0 saturated carbocycles. The van der Waals surface area contributed by atoms with Crippen molar-refractivity contribution in [3.8, 4) is 0 Å². The maximum atomic E-state index is 12.9. The van der Waals surface area contributed by atoms with Gasteiger partial charge in [-0.15, -0.1) is 0 Å². The van der Waals surface area contributed by atoms with Crippen molar-refractivity contribution in [3.63, 3.8) is 0 Å². The van der Waals surface area contributed by atoms with E-state index in [1.165, 1.54) is 0 Å². The van der Waals surface area contributed by atoms with Crippen molar-refractivity contribution in [1.29, 1.82) is 0 Å². The zero-order valence-electron chi connectivity index (χ0n) is 11.4. The van der Waals surface area contributed by atoms with Crippen LogP contribution in [0, 0.1) is 0 Å². The fourth-order valence-electron chi connectivity index (χ4n) is 2.86. The van der Waals surface area contributed by atoms with Gasteiger partial charge in [-0.1, -0.05) is 60.7 Å². The molecule has 0 unspecified atom stereocenters. The van der Waals surface area contributed by atoms with Gasteiger partial charge in [-0.25, -0.2) is 0 Å². The van der Waals surface area contributed by atoms with Crippen LogP contribution >= 0.6 is 0 Å². The SMILES string of the molecule is O=C(c1ccccc1)c1c2ccccc2c2ccccn12. The van der Waals surface area contributed by atoms with Gasteiger partial charge in [0.05, 0.1) is 5.52 Å². The van der Waals surface area contributed by atoms with Crippen LogP contribution in [-0.4, -0.2) is 10.2 Å². The van der Waals surface area contributed by atoms with Gasteiger partial charge in [-0.2, -0.15) is 0 Å². The second-order valence-corrected chi connectivity index (χ2v) is 5.05. The highest BCUT2D eigenvalue weighted by Crippen LogP contribution is 2.28. The topological polar surface area (TPSA) is 21.5 Å². The highest BCUT2D eigenvalue weighted by atomic mass is 16.1. The van der Waals surface area contributed by atoms with Gasteiger partial charge in [0.2, 0.25) is 5.78 Å².